The van der Waals surface area contributed by atoms with Crippen molar-refractivity contribution in [1.82, 2.24) is 10.0 Å². The maximum atomic E-state index is 12.7. The van der Waals surface area contributed by atoms with Crippen LogP contribution in [0.25, 0.3) is 0 Å². The van der Waals surface area contributed by atoms with Crippen LogP contribution in [0.2, 0.25) is 0 Å². The molecule has 2 aromatic carbocycles. The van der Waals surface area contributed by atoms with Gasteiger partial charge in [-0.2, -0.15) is 0 Å². The monoisotopic (exact) mass is 401 g/mol. The third-order valence-electron chi connectivity index (χ3n) is 4.13. The molecule has 0 aliphatic heterocycles. The van der Waals surface area contributed by atoms with Crippen molar-refractivity contribution < 1.29 is 18.0 Å². The van der Waals surface area contributed by atoms with Crippen LogP contribution in [0.4, 0.5) is 5.69 Å². The van der Waals surface area contributed by atoms with Crippen LogP contribution in [-0.4, -0.2) is 32.3 Å². The number of nitrogens with one attached hydrogen (secondary N) is 3. The Balaban J connectivity index is 1.81. The molecule has 148 valence electrons. The van der Waals surface area contributed by atoms with Crippen molar-refractivity contribution in [3.05, 3.63) is 59.7 Å². The van der Waals surface area contributed by atoms with Gasteiger partial charge in [-0.05, 0) is 57.0 Å². The van der Waals surface area contributed by atoms with Gasteiger partial charge in [-0.25, -0.2) is 13.1 Å². The van der Waals surface area contributed by atoms with Crippen LogP contribution >= 0.6 is 0 Å². The van der Waals surface area contributed by atoms with Gasteiger partial charge in [0.1, 0.15) is 0 Å². The number of sulfonamides is 1. The Hall–Kier alpha value is -2.71. The summed E-state index contributed by atoms with van der Waals surface area (Å²) in [5.74, 6) is -0.732. The van der Waals surface area contributed by atoms with Crippen molar-refractivity contribution in [3.8, 4) is 0 Å². The number of para-hydroxylation sites is 1. The predicted octanol–water partition coefficient (Wildman–Crippen LogP) is 2.52. The van der Waals surface area contributed by atoms with E-state index in [0.29, 0.717) is 11.3 Å². The number of amides is 2. The molecule has 0 atom stereocenters. The van der Waals surface area contributed by atoms with Gasteiger partial charge in [0.2, 0.25) is 10.0 Å². The number of carbonyl (C=O) groups excluding carboxylic acids is 2. The Morgan fingerprint density at radius 1 is 1.00 bits per heavy atom. The standard InChI is InChI=1S/C20H23N3O4S/c1-13(2)23-28(26,27)16-7-5-6-14(12-16)19(24)22-18-9-4-3-8-17(18)20(25)21-15-10-11-15/h3-9,12-13,15,23H,10-11H2,1-2H3,(H,21,25)(H,22,24). The molecule has 0 radical (unpaired) electrons. The number of benzene rings is 2. The fraction of sp³-hybridized carbons (Fsp3) is 0.300. The largest absolute Gasteiger partial charge is 0.349 e. The molecule has 1 saturated carbocycles. The number of carbonyl (C=O) groups is 2. The quantitative estimate of drug-likeness (QED) is 0.663. The van der Waals surface area contributed by atoms with E-state index in [1.165, 1.54) is 24.3 Å². The summed E-state index contributed by atoms with van der Waals surface area (Å²) in [4.78, 5) is 25.0. The lowest BCUT2D eigenvalue weighted by atomic mass is 10.1. The first-order valence-corrected chi connectivity index (χ1v) is 10.6. The fourth-order valence-electron chi connectivity index (χ4n) is 2.66. The Kier molecular flexibility index (Phi) is 5.81. The molecular weight excluding hydrogens is 378 g/mol. The van der Waals surface area contributed by atoms with Gasteiger partial charge in [-0.1, -0.05) is 18.2 Å². The maximum Gasteiger partial charge on any atom is 0.255 e. The smallest absolute Gasteiger partial charge is 0.255 e. The molecule has 3 rings (SSSR count). The molecule has 3 N–H and O–H groups in total. The highest BCUT2D eigenvalue weighted by molar-refractivity contribution is 7.89. The maximum absolute atomic E-state index is 12.7. The van der Waals surface area contributed by atoms with Gasteiger partial charge in [-0.3, -0.25) is 9.59 Å². The third kappa shape index (κ3) is 4.96. The van der Waals surface area contributed by atoms with Crippen LogP contribution in [-0.2, 0) is 10.0 Å². The minimum Gasteiger partial charge on any atom is -0.349 e. The zero-order valence-corrected chi connectivity index (χ0v) is 16.5. The first-order chi connectivity index (χ1) is 13.3. The lowest BCUT2D eigenvalue weighted by Gasteiger charge is -2.13. The second-order valence-electron chi connectivity index (χ2n) is 7.05. The minimum atomic E-state index is -3.71. The van der Waals surface area contributed by atoms with Crippen molar-refractivity contribution in [2.24, 2.45) is 0 Å². The summed E-state index contributed by atoms with van der Waals surface area (Å²) in [6.07, 6.45) is 1.93. The van der Waals surface area contributed by atoms with E-state index in [9.17, 15) is 18.0 Å². The van der Waals surface area contributed by atoms with E-state index in [4.69, 9.17) is 0 Å². The van der Waals surface area contributed by atoms with Crippen molar-refractivity contribution in [2.75, 3.05) is 5.32 Å². The zero-order valence-electron chi connectivity index (χ0n) is 15.7. The average Bonchev–Trinajstić information content (AvgIpc) is 3.45. The molecule has 0 heterocycles. The Morgan fingerprint density at radius 3 is 2.39 bits per heavy atom. The van der Waals surface area contributed by atoms with Gasteiger partial charge in [-0.15, -0.1) is 0 Å². The summed E-state index contributed by atoms with van der Waals surface area (Å²) in [5.41, 5.74) is 0.927. The van der Waals surface area contributed by atoms with Crippen LogP contribution in [0, 0.1) is 0 Å². The SMILES string of the molecule is CC(C)NS(=O)(=O)c1cccc(C(=O)Nc2ccccc2C(=O)NC2CC2)c1. The zero-order chi connectivity index (χ0) is 20.3. The van der Waals surface area contributed by atoms with Gasteiger partial charge in [0.15, 0.2) is 0 Å². The summed E-state index contributed by atoms with van der Waals surface area (Å²) in [6.45, 7) is 3.44. The molecule has 7 nitrogen and oxygen atoms in total. The lowest BCUT2D eigenvalue weighted by molar-refractivity contribution is 0.0952. The summed E-state index contributed by atoms with van der Waals surface area (Å²) in [7, 11) is -3.71. The molecule has 2 amide bonds. The molecule has 28 heavy (non-hydrogen) atoms. The van der Waals surface area contributed by atoms with E-state index < -0.39 is 15.9 Å². The summed E-state index contributed by atoms with van der Waals surface area (Å²) < 4.78 is 27.2. The summed E-state index contributed by atoms with van der Waals surface area (Å²) >= 11 is 0. The molecule has 1 fully saturated rings. The molecule has 0 unspecified atom stereocenters. The van der Waals surface area contributed by atoms with Gasteiger partial charge >= 0.3 is 0 Å². The summed E-state index contributed by atoms with van der Waals surface area (Å²) in [6, 6.07) is 12.4. The molecular formula is C20H23N3O4S. The van der Waals surface area contributed by atoms with E-state index >= 15 is 0 Å². The highest BCUT2D eigenvalue weighted by Gasteiger charge is 2.25. The average molecular weight is 401 g/mol. The highest BCUT2D eigenvalue weighted by Crippen LogP contribution is 2.22. The first kappa shape index (κ1) is 20.0. The van der Waals surface area contributed by atoms with E-state index in [1.54, 1.807) is 38.1 Å². The summed E-state index contributed by atoms with van der Waals surface area (Å²) in [5, 5.41) is 5.60. The molecule has 8 heteroatoms. The van der Waals surface area contributed by atoms with Gasteiger partial charge < -0.3 is 10.6 Å². The van der Waals surface area contributed by atoms with E-state index in [2.05, 4.69) is 15.4 Å². The van der Waals surface area contributed by atoms with Crippen molar-refractivity contribution in [3.63, 3.8) is 0 Å². The van der Waals surface area contributed by atoms with Crippen molar-refractivity contribution in [2.45, 2.75) is 43.7 Å². The Labute approximate surface area is 164 Å². The van der Waals surface area contributed by atoms with E-state index in [-0.39, 0.29) is 28.4 Å². The molecule has 1 aliphatic carbocycles. The minimum absolute atomic E-state index is 0.00797. The lowest BCUT2D eigenvalue weighted by Crippen LogP contribution is -2.30. The molecule has 2 aromatic rings. The Bertz CT molecular complexity index is 998. The molecule has 0 aromatic heterocycles. The topological polar surface area (TPSA) is 104 Å². The van der Waals surface area contributed by atoms with Crippen LogP contribution in [0.1, 0.15) is 47.4 Å². The molecule has 0 saturated heterocycles. The highest BCUT2D eigenvalue weighted by atomic mass is 32.2. The fourth-order valence-corrected chi connectivity index (χ4v) is 3.95. The van der Waals surface area contributed by atoms with Crippen LogP contribution < -0.4 is 15.4 Å². The van der Waals surface area contributed by atoms with Crippen LogP contribution in [0.3, 0.4) is 0 Å². The van der Waals surface area contributed by atoms with Crippen LogP contribution in [0.15, 0.2) is 53.4 Å². The number of hydrogen-bond donors (Lipinski definition) is 3. The van der Waals surface area contributed by atoms with Gasteiger partial charge in [0.25, 0.3) is 11.8 Å². The number of hydrogen-bond acceptors (Lipinski definition) is 4. The molecule has 0 bridgehead atoms. The van der Waals surface area contributed by atoms with Crippen molar-refractivity contribution >= 4 is 27.5 Å². The molecule has 0 spiro atoms. The first-order valence-electron chi connectivity index (χ1n) is 9.10. The van der Waals surface area contributed by atoms with Crippen LogP contribution in [0.5, 0.6) is 0 Å². The molecule has 1 aliphatic rings. The normalized spacial score (nSPS) is 14.0. The number of rotatable bonds is 7. The van der Waals surface area contributed by atoms with E-state index in [0.717, 1.165) is 12.8 Å². The van der Waals surface area contributed by atoms with E-state index in [1.807, 2.05) is 0 Å². The van der Waals surface area contributed by atoms with Gasteiger partial charge in [0.05, 0.1) is 16.1 Å². The van der Waals surface area contributed by atoms with Gasteiger partial charge in [0, 0.05) is 17.6 Å². The third-order valence-corrected chi connectivity index (χ3v) is 5.79. The number of anilines is 1. The van der Waals surface area contributed by atoms with Crippen molar-refractivity contribution in [1.29, 1.82) is 0 Å². The second kappa shape index (κ2) is 8.12. The second-order valence-corrected chi connectivity index (χ2v) is 8.77. The Morgan fingerprint density at radius 2 is 1.71 bits per heavy atom. The predicted molar refractivity (Wildman–Crippen MR) is 107 cm³/mol.